The first-order valence-corrected chi connectivity index (χ1v) is 5.93. The van der Waals surface area contributed by atoms with E-state index >= 15 is 0 Å². The van der Waals surface area contributed by atoms with Crippen molar-refractivity contribution >= 4 is 11.9 Å². The van der Waals surface area contributed by atoms with Gasteiger partial charge in [0.15, 0.2) is 0 Å². The van der Waals surface area contributed by atoms with Crippen LogP contribution in [0.1, 0.15) is 48.0 Å². The molecular formula is C13H20O4. The molecule has 0 spiro atoms. The first-order chi connectivity index (χ1) is 7.46. The maximum Gasteiger partial charge on any atom is 0.352 e. The summed E-state index contributed by atoms with van der Waals surface area (Å²) in [5.74, 6) is -0.806. The summed E-state index contributed by atoms with van der Waals surface area (Å²) in [6.07, 6.45) is 0.324. The van der Waals surface area contributed by atoms with Crippen LogP contribution in [0, 0.1) is 10.8 Å². The Hall–Kier alpha value is -1.06. The van der Waals surface area contributed by atoms with Gasteiger partial charge in [0.1, 0.15) is 0 Å². The van der Waals surface area contributed by atoms with Gasteiger partial charge in [0, 0.05) is 10.8 Å². The fourth-order valence-electron chi connectivity index (χ4n) is 2.58. The molecule has 4 heteroatoms. The Morgan fingerprint density at radius 1 is 0.824 bits per heavy atom. The summed E-state index contributed by atoms with van der Waals surface area (Å²) < 4.78 is 10.9. The largest absolute Gasteiger partial charge is 0.443 e. The smallest absolute Gasteiger partial charge is 0.352 e. The van der Waals surface area contributed by atoms with Gasteiger partial charge in [-0.05, 0) is 0 Å². The normalized spacial score (nSPS) is 37.1. The van der Waals surface area contributed by atoms with Crippen molar-refractivity contribution in [2.75, 3.05) is 0 Å². The lowest BCUT2D eigenvalue weighted by Gasteiger charge is -2.38. The molecule has 2 heterocycles. The number of carbonyl (C=O) groups is 2. The molecule has 2 rings (SSSR count). The van der Waals surface area contributed by atoms with Crippen molar-refractivity contribution in [3.63, 3.8) is 0 Å². The van der Waals surface area contributed by atoms with Gasteiger partial charge in [0.05, 0.1) is 6.42 Å². The highest BCUT2D eigenvalue weighted by atomic mass is 16.7. The van der Waals surface area contributed by atoms with Crippen LogP contribution in [0.15, 0.2) is 0 Å². The Balaban J connectivity index is 2.54. The van der Waals surface area contributed by atoms with Gasteiger partial charge in [-0.2, -0.15) is 0 Å². The summed E-state index contributed by atoms with van der Waals surface area (Å²) in [5.41, 5.74) is -3.14. The third kappa shape index (κ3) is 1.24. The highest BCUT2D eigenvalue weighted by Gasteiger charge is 2.77. The quantitative estimate of drug-likeness (QED) is 0.608. The van der Waals surface area contributed by atoms with Crippen LogP contribution in [0.2, 0.25) is 0 Å². The van der Waals surface area contributed by atoms with E-state index in [2.05, 4.69) is 0 Å². The van der Waals surface area contributed by atoms with E-state index in [0.717, 1.165) is 0 Å². The Morgan fingerprint density at radius 3 is 1.29 bits per heavy atom. The second-order valence-corrected chi connectivity index (χ2v) is 7.11. The van der Waals surface area contributed by atoms with Crippen LogP contribution >= 0.6 is 0 Å². The van der Waals surface area contributed by atoms with Crippen molar-refractivity contribution in [3.05, 3.63) is 0 Å². The molecule has 0 amide bonds. The molecule has 4 nitrogen and oxygen atoms in total. The second kappa shape index (κ2) is 2.85. The predicted molar refractivity (Wildman–Crippen MR) is 61.2 cm³/mol. The molecule has 0 unspecified atom stereocenters. The fraction of sp³-hybridized carbons (Fsp3) is 0.846. The predicted octanol–water partition coefficient (Wildman–Crippen LogP) is 2.06. The first kappa shape index (κ1) is 12.4. The number of hydrogen-bond donors (Lipinski definition) is 0. The Bertz CT molecular complexity index is 361. The topological polar surface area (TPSA) is 52.6 Å². The molecule has 2 bridgehead atoms. The number of hydrogen-bond acceptors (Lipinski definition) is 4. The van der Waals surface area contributed by atoms with Crippen LogP contribution in [-0.2, 0) is 19.1 Å². The number of ether oxygens (including phenoxy) is 2. The third-order valence-corrected chi connectivity index (χ3v) is 4.11. The molecule has 0 radical (unpaired) electrons. The minimum Gasteiger partial charge on any atom is -0.443 e. The van der Waals surface area contributed by atoms with Gasteiger partial charge < -0.3 is 9.47 Å². The Morgan fingerprint density at radius 2 is 1.12 bits per heavy atom. The van der Waals surface area contributed by atoms with Gasteiger partial charge in [-0.25, -0.2) is 9.59 Å². The van der Waals surface area contributed by atoms with Crippen molar-refractivity contribution in [1.29, 1.82) is 0 Å². The van der Waals surface area contributed by atoms with E-state index in [1.165, 1.54) is 0 Å². The molecule has 2 fully saturated rings. The van der Waals surface area contributed by atoms with Crippen LogP contribution in [0.4, 0.5) is 0 Å². The number of fused-ring (bicyclic) bond motifs is 2. The van der Waals surface area contributed by atoms with E-state index in [0.29, 0.717) is 6.42 Å². The van der Waals surface area contributed by atoms with E-state index in [1.807, 2.05) is 41.5 Å². The Kier molecular flexibility index (Phi) is 2.08. The zero-order valence-electron chi connectivity index (χ0n) is 11.3. The van der Waals surface area contributed by atoms with Crippen LogP contribution in [-0.4, -0.2) is 23.1 Å². The average Bonchev–Trinajstić information content (AvgIpc) is 2.53. The molecule has 2 saturated heterocycles. The Labute approximate surface area is 102 Å². The van der Waals surface area contributed by atoms with Crippen molar-refractivity contribution < 1.29 is 19.1 Å². The molecule has 0 saturated carbocycles. The minimum atomic E-state index is -1.11. The lowest BCUT2D eigenvalue weighted by molar-refractivity contribution is -0.210. The van der Waals surface area contributed by atoms with Crippen LogP contribution in [0.5, 0.6) is 0 Å². The zero-order valence-corrected chi connectivity index (χ0v) is 11.3. The molecule has 17 heavy (non-hydrogen) atoms. The standard InChI is InChI=1S/C13H20O4/c1-10(2,3)12-7-13(9(15)16-12,11(4,5)6)17-8(12)14/h7H2,1-6H3/t12-,13-/m0/s1. The maximum absolute atomic E-state index is 12.1. The van der Waals surface area contributed by atoms with Crippen LogP contribution < -0.4 is 0 Å². The van der Waals surface area contributed by atoms with Crippen molar-refractivity contribution in [2.24, 2.45) is 10.8 Å². The van der Waals surface area contributed by atoms with Gasteiger partial charge in [-0.15, -0.1) is 0 Å². The van der Waals surface area contributed by atoms with E-state index in [1.54, 1.807) is 0 Å². The maximum atomic E-state index is 12.1. The van der Waals surface area contributed by atoms with E-state index in [-0.39, 0.29) is 0 Å². The van der Waals surface area contributed by atoms with Gasteiger partial charge >= 0.3 is 11.9 Å². The van der Waals surface area contributed by atoms with Crippen LogP contribution in [0.25, 0.3) is 0 Å². The summed E-state index contributed by atoms with van der Waals surface area (Å²) in [6.45, 7) is 11.4. The van der Waals surface area contributed by atoms with Crippen molar-refractivity contribution in [2.45, 2.75) is 59.2 Å². The molecule has 0 aromatic rings. The molecule has 2 aliphatic rings. The summed E-state index contributed by atoms with van der Waals surface area (Å²) in [7, 11) is 0. The van der Waals surface area contributed by atoms with E-state index in [4.69, 9.17) is 9.47 Å². The zero-order chi connectivity index (χ0) is 13.3. The van der Waals surface area contributed by atoms with Gasteiger partial charge in [-0.3, -0.25) is 0 Å². The number of esters is 2. The first-order valence-electron chi connectivity index (χ1n) is 5.93. The highest BCUT2D eigenvalue weighted by Crippen LogP contribution is 2.58. The molecule has 2 atom stereocenters. The molecular weight excluding hydrogens is 220 g/mol. The van der Waals surface area contributed by atoms with Gasteiger partial charge in [0.2, 0.25) is 11.2 Å². The second-order valence-electron chi connectivity index (χ2n) is 7.11. The minimum absolute atomic E-state index is 0.324. The fourth-order valence-corrected chi connectivity index (χ4v) is 2.58. The van der Waals surface area contributed by atoms with E-state index < -0.39 is 34.0 Å². The lowest BCUT2D eigenvalue weighted by Crippen LogP contribution is -2.53. The van der Waals surface area contributed by atoms with E-state index in [9.17, 15) is 9.59 Å². The SMILES string of the molecule is CC(C)(C)[C@]12C[C@](C(C)(C)C)(OC1=O)C(=O)O2. The molecule has 0 N–H and O–H groups in total. The van der Waals surface area contributed by atoms with Gasteiger partial charge in [0.25, 0.3) is 0 Å². The monoisotopic (exact) mass is 240 g/mol. The summed E-state index contributed by atoms with van der Waals surface area (Å²) in [4.78, 5) is 24.2. The van der Waals surface area contributed by atoms with Crippen molar-refractivity contribution in [3.8, 4) is 0 Å². The van der Waals surface area contributed by atoms with Crippen molar-refractivity contribution in [1.82, 2.24) is 0 Å². The molecule has 0 aromatic carbocycles. The molecule has 96 valence electrons. The van der Waals surface area contributed by atoms with Crippen LogP contribution in [0.3, 0.4) is 0 Å². The number of rotatable bonds is 0. The molecule has 0 aliphatic carbocycles. The molecule has 0 aromatic heterocycles. The summed E-state index contributed by atoms with van der Waals surface area (Å²) in [6, 6.07) is 0. The number of carbonyl (C=O) groups excluding carboxylic acids is 2. The lowest BCUT2D eigenvalue weighted by atomic mass is 9.69. The third-order valence-electron chi connectivity index (χ3n) is 4.11. The highest BCUT2D eigenvalue weighted by molar-refractivity contribution is 5.99. The van der Waals surface area contributed by atoms with Gasteiger partial charge in [-0.1, -0.05) is 41.5 Å². The summed E-state index contributed by atoms with van der Waals surface area (Å²) >= 11 is 0. The summed E-state index contributed by atoms with van der Waals surface area (Å²) in [5, 5.41) is 0. The average molecular weight is 240 g/mol. The molecule has 2 aliphatic heterocycles.